The summed E-state index contributed by atoms with van der Waals surface area (Å²) in [5, 5.41) is 9.94. The van der Waals surface area contributed by atoms with Crippen LogP contribution in [-0.2, 0) is 13.0 Å². The molecule has 5 heteroatoms. The Bertz CT molecular complexity index is 620. The lowest BCUT2D eigenvalue weighted by Crippen LogP contribution is -2.12. The van der Waals surface area contributed by atoms with Crippen molar-refractivity contribution in [3.63, 3.8) is 0 Å². The molecule has 1 aromatic carbocycles. The smallest absolute Gasteiger partial charge is 0.347 e. The summed E-state index contributed by atoms with van der Waals surface area (Å²) >= 11 is 1.27. The molecule has 4 nitrogen and oxygen atoms in total. The Morgan fingerprint density at radius 2 is 1.95 bits per heavy atom. The zero-order chi connectivity index (χ0) is 14.7. The Morgan fingerprint density at radius 3 is 2.50 bits per heavy atom. The number of rotatable bonds is 5. The van der Waals surface area contributed by atoms with E-state index in [0.717, 1.165) is 11.6 Å². The third-order valence-electron chi connectivity index (χ3n) is 2.98. The van der Waals surface area contributed by atoms with Crippen molar-refractivity contribution >= 4 is 17.3 Å². The summed E-state index contributed by atoms with van der Waals surface area (Å²) in [4.78, 5) is 17.9. The number of aromatic carboxylic acids is 1. The first-order valence-corrected chi connectivity index (χ1v) is 7.20. The molecule has 0 atom stereocenters. The number of hydrogen-bond acceptors (Lipinski definition) is 4. The number of carbonyl (C=O) groups is 1. The van der Waals surface area contributed by atoms with Gasteiger partial charge >= 0.3 is 5.97 Å². The zero-order valence-corrected chi connectivity index (χ0v) is 12.7. The lowest BCUT2D eigenvalue weighted by Gasteiger charge is -2.13. The highest BCUT2D eigenvalue weighted by Crippen LogP contribution is 2.22. The third-order valence-corrected chi connectivity index (χ3v) is 4.13. The molecule has 0 aliphatic carbocycles. The van der Waals surface area contributed by atoms with Crippen LogP contribution < -0.4 is 0 Å². The number of thiazole rings is 1. The minimum Gasteiger partial charge on any atom is -0.477 e. The molecule has 0 aliphatic rings. The highest BCUT2D eigenvalue weighted by Gasteiger charge is 2.15. The second-order valence-corrected chi connectivity index (χ2v) is 6.09. The molecule has 1 aromatic heterocycles. The maximum Gasteiger partial charge on any atom is 0.347 e. The van der Waals surface area contributed by atoms with Gasteiger partial charge in [-0.3, -0.25) is 0 Å². The summed E-state index contributed by atoms with van der Waals surface area (Å²) in [7, 11) is 4.07. The molecule has 106 valence electrons. The number of carboxylic acid groups (broad SMARTS) is 1. The van der Waals surface area contributed by atoms with Gasteiger partial charge in [0.1, 0.15) is 4.88 Å². The van der Waals surface area contributed by atoms with E-state index in [-0.39, 0.29) is 0 Å². The first kappa shape index (κ1) is 14.7. The first-order chi connectivity index (χ1) is 9.47. The summed E-state index contributed by atoms with van der Waals surface area (Å²) in [6.07, 6.45) is 0.683. The van der Waals surface area contributed by atoms with E-state index in [2.05, 4.69) is 22.0 Å². The molecule has 0 bridgehead atoms. The van der Waals surface area contributed by atoms with E-state index in [1.165, 1.54) is 22.5 Å². The Kier molecular flexibility index (Phi) is 4.52. The van der Waals surface area contributed by atoms with Gasteiger partial charge in [-0.1, -0.05) is 24.3 Å². The van der Waals surface area contributed by atoms with Crippen LogP contribution in [0.4, 0.5) is 0 Å². The molecule has 0 saturated carbocycles. The summed E-state index contributed by atoms with van der Waals surface area (Å²) in [6.45, 7) is 2.61. The Morgan fingerprint density at radius 1 is 1.30 bits per heavy atom. The first-order valence-electron chi connectivity index (χ1n) is 6.38. The number of carboxylic acids is 1. The van der Waals surface area contributed by atoms with E-state index in [1.54, 1.807) is 6.92 Å². The molecule has 0 spiro atoms. The van der Waals surface area contributed by atoms with Crippen molar-refractivity contribution in [1.29, 1.82) is 0 Å². The molecule has 0 aliphatic heterocycles. The van der Waals surface area contributed by atoms with Gasteiger partial charge in [0, 0.05) is 13.0 Å². The van der Waals surface area contributed by atoms with Crippen LogP contribution in [0, 0.1) is 6.92 Å². The highest BCUT2D eigenvalue weighted by atomic mass is 32.1. The van der Waals surface area contributed by atoms with Gasteiger partial charge in [0.2, 0.25) is 0 Å². The average Bonchev–Trinajstić information content (AvgIpc) is 2.72. The predicted molar refractivity (Wildman–Crippen MR) is 80.4 cm³/mol. The van der Waals surface area contributed by atoms with Crippen LogP contribution in [0.15, 0.2) is 24.3 Å². The molecule has 0 saturated heterocycles. The van der Waals surface area contributed by atoms with Gasteiger partial charge < -0.3 is 10.0 Å². The summed E-state index contributed by atoms with van der Waals surface area (Å²) < 4.78 is 0. The normalized spacial score (nSPS) is 11.0. The van der Waals surface area contributed by atoms with Crippen molar-refractivity contribution in [3.8, 4) is 0 Å². The lowest BCUT2D eigenvalue weighted by atomic mass is 10.0. The van der Waals surface area contributed by atoms with Crippen LogP contribution >= 0.6 is 11.3 Å². The van der Waals surface area contributed by atoms with Gasteiger partial charge in [-0.2, -0.15) is 0 Å². The zero-order valence-electron chi connectivity index (χ0n) is 11.9. The molecule has 0 fully saturated rings. The summed E-state index contributed by atoms with van der Waals surface area (Å²) in [5.41, 5.74) is 3.05. The molecule has 2 rings (SSSR count). The molecular weight excluding hydrogens is 272 g/mol. The maximum absolute atomic E-state index is 11.1. The molecule has 0 radical (unpaired) electrons. The van der Waals surface area contributed by atoms with Crippen LogP contribution in [0.1, 0.15) is 31.5 Å². The van der Waals surface area contributed by atoms with Crippen LogP contribution in [0.3, 0.4) is 0 Å². The van der Waals surface area contributed by atoms with Gasteiger partial charge in [-0.25, -0.2) is 9.78 Å². The maximum atomic E-state index is 11.1. The van der Waals surface area contributed by atoms with Gasteiger partial charge in [0.15, 0.2) is 0 Å². The fourth-order valence-corrected chi connectivity index (χ4v) is 3.04. The van der Waals surface area contributed by atoms with Gasteiger partial charge in [-0.15, -0.1) is 11.3 Å². The highest BCUT2D eigenvalue weighted by molar-refractivity contribution is 7.13. The number of hydrogen-bond donors (Lipinski definition) is 1. The Balaban J connectivity index is 2.26. The fraction of sp³-hybridized carbons (Fsp3) is 0.333. The van der Waals surface area contributed by atoms with E-state index in [1.807, 2.05) is 26.2 Å². The van der Waals surface area contributed by atoms with E-state index < -0.39 is 5.97 Å². The molecule has 0 amide bonds. The number of nitrogens with zero attached hydrogens (tertiary/aromatic N) is 2. The third kappa shape index (κ3) is 3.43. The van der Waals surface area contributed by atoms with Crippen molar-refractivity contribution < 1.29 is 9.90 Å². The van der Waals surface area contributed by atoms with Crippen LogP contribution in [0.2, 0.25) is 0 Å². The van der Waals surface area contributed by atoms with E-state index in [9.17, 15) is 4.79 Å². The number of aryl methyl sites for hydroxylation is 1. The summed E-state index contributed by atoms with van der Waals surface area (Å²) in [6, 6.07) is 8.22. The van der Waals surface area contributed by atoms with Crippen molar-refractivity contribution in [3.05, 3.63) is 51.0 Å². The minimum atomic E-state index is -0.896. The fourth-order valence-electron chi connectivity index (χ4n) is 2.11. The SMILES string of the molecule is Cc1nc(Cc2ccccc2CN(C)C)sc1C(=O)O. The predicted octanol–water partition coefficient (Wildman–Crippen LogP) is 2.80. The average molecular weight is 290 g/mol. The van der Waals surface area contributed by atoms with Crippen molar-refractivity contribution in [2.75, 3.05) is 14.1 Å². The molecule has 1 heterocycles. The van der Waals surface area contributed by atoms with E-state index in [0.29, 0.717) is 17.0 Å². The van der Waals surface area contributed by atoms with Crippen LogP contribution in [0.25, 0.3) is 0 Å². The second kappa shape index (κ2) is 6.15. The van der Waals surface area contributed by atoms with Gasteiger partial charge in [0.25, 0.3) is 0 Å². The largest absolute Gasteiger partial charge is 0.477 e. The lowest BCUT2D eigenvalue weighted by molar-refractivity contribution is 0.0701. The molecule has 2 aromatic rings. The Hall–Kier alpha value is -1.72. The number of benzene rings is 1. The Labute approximate surface area is 122 Å². The molecule has 1 N–H and O–H groups in total. The monoisotopic (exact) mass is 290 g/mol. The van der Waals surface area contributed by atoms with E-state index >= 15 is 0 Å². The molecule has 20 heavy (non-hydrogen) atoms. The van der Waals surface area contributed by atoms with Crippen LogP contribution in [-0.4, -0.2) is 35.1 Å². The van der Waals surface area contributed by atoms with Crippen molar-refractivity contribution in [2.24, 2.45) is 0 Å². The molecular formula is C15H18N2O2S. The molecule has 0 unspecified atom stereocenters. The summed E-state index contributed by atoms with van der Waals surface area (Å²) in [5.74, 6) is -0.896. The van der Waals surface area contributed by atoms with Gasteiger partial charge in [-0.05, 0) is 32.1 Å². The van der Waals surface area contributed by atoms with Crippen molar-refractivity contribution in [2.45, 2.75) is 19.9 Å². The van der Waals surface area contributed by atoms with E-state index in [4.69, 9.17) is 5.11 Å². The van der Waals surface area contributed by atoms with Crippen molar-refractivity contribution in [1.82, 2.24) is 9.88 Å². The number of aromatic nitrogens is 1. The quantitative estimate of drug-likeness (QED) is 0.920. The standard InChI is InChI=1S/C15H18N2O2S/c1-10-14(15(18)19)20-13(16-10)8-11-6-4-5-7-12(11)9-17(2)3/h4-7H,8-9H2,1-3H3,(H,18,19). The minimum absolute atomic E-state index is 0.338. The van der Waals surface area contributed by atoms with Crippen LogP contribution in [0.5, 0.6) is 0 Å². The topological polar surface area (TPSA) is 53.4 Å². The van der Waals surface area contributed by atoms with Gasteiger partial charge in [0.05, 0.1) is 10.7 Å². The second-order valence-electron chi connectivity index (χ2n) is 5.01.